The third kappa shape index (κ3) is 4.17. The van der Waals surface area contributed by atoms with Gasteiger partial charge in [0.25, 0.3) is 20.2 Å². The zero-order valence-corrected chi connectivity index (χ0v) is 13.9. The smallest absolute Gasteiger partial charge is 0.284 e. The first kappa shape index (κ1) is 17.6. The van der Waals surface area contributed by atoms with Gasteiger partial charge < -0.3 is 0 Å². The summed E-state index contributed by atoms with van der Waals surface area (Å²) in [6, 6.07) is 5.20. The van der Waals surface area contributed by atoms with Crippen LogP contribution in [0.15, 0.2) is 40.1 Å². The third-order valence-corrected chi connectivity index (χ3v) is 5.10. The van der Waals surface area contributed by atoms with Crippen LogP contribution >= 0.6 is 0 Å². The first-order valence-electron chi connectivity index (χ1n) is 5.78. The van der Waals surface area contributed by atoms with Gasteiger partial charge in [0.1, 0.15) is 4.90 Å². The van der Waals surface area contributed by atoms with Gasteiger partial charge in [0.15, 0.2) is 0 Å². The first-order chi connectivity index (χ1) is 10.3. The molecule has 2 aromatic carbocycles. The Kier molecular flexibility index (Phi) is 4.15. The molecule has 0 atom stereocenters. The minimum Gasteiger partial charge on any atom is -0.284 e. The predicted molar refractivity (Wildman–Crippen MR) is 82.0 cm³/mol. The minimum absolute atomic E-state index is 0.0181. The molecule has 9 nitrogen and oxygen atoms in total. The van der Waals surface area contributed by atoms with Gasteiger partial charge >= 0.3 is 0 Å². The van der Waals surface area contributed by atoms with E-state index in [0.29, 0.717) is 6.07 Å². The monoisotopic (exact) mass is 381 g/mol. The number of fused-ring (bicyclic) bond motifs is 1. The lowest BCUT2D eigenvalue weighted by Gasteiger charge is -2.09. The topological polar surface area (TPSA) is 155 Å². The summed E-state index contributed by atoms with van der Waals surface area (Å²) >= 11 is 0. The number of sulfonamides is 1. The highest BCUT2D eigenvalue weighted by atomic mass is 32.2. The van der Waals surface area contributed by atoms with Gasteiger partial charge in [0.2, 0.25) is 10.0 Å². The zero-order valence-electron chi connectivity index (χ0n) is 11.5. The van der Waals surface area contributed by atoms with Crippen molar-refractivity contribution in [1.82, 2.24) is 0 Å². The van der Waals surface area contributed by atoms with Gasteiger partial charge in [-0.15, -0.1) is 0 Å². The van der Waals surface area contributed by atoms with Crippen molar-refractivity contribution in [3.05, 3.63) is 30.3 Å². The van der Waals surface area contributed by atoms with E-state index in [1.54, 1.807) is 0 Å². The van der Waals surface area contributed by atoms with Crippen LogP contribution in [0.2, 0.25) is 0 Å². The van der Waals surface area contributed by atoms with Crippen LogP contribution in [0.25, 0.3) is 10.8 Å². The molecule has 2 aromatic rings. The normalized spacial score (nSPS) is 13.2. The fourth-order valence-corrected chi connectivity index (χ4v) is 3.84. The average molecular weight is 381 g/mol. The molecular formula is C11H11NO8S3. The molecule has 0 bridgehead atoms. The van der Waals surface area contributed by atoms with E-state index in [-0.39, 0.29) is 16.5 Å². The Balaban J connectivity index is 2.86. The molecular weight excluding hydrogens is 370 g/mol. The van der Waals surface area contributed by atoms with Gasteiger partial charge in [-0.1, -0.05) is 6.07 Å². The molecule has 0 saturated heterocycles. The number of anilines is 1. The molecule has 0 fully saturated rings. The van der Waals surface area contributed by atoms with Gasteiger partial charge in [-0.3, -0.25) is 13.8 Å². The summed E-state index contributed by atoms with van der Waals surface area (Å²) in [5.41, 5.74) is 0.0181. The van der Waals surface area contributed by atoms with Crippen LogP contribution < -0.4 is 4.72 Å². The van der Waals surface area contributed by atoms with Crippen molar-refractivity contribution in [1.29, 1.82) is 0 Å². The maximum Gasteiger partial charge on any atom is 0.295 e. The highest BCUT2D eigenvalue weighted by molar-refractivity contribution is 7.92. The lowest BCUT2D eigenvalue weighted by molar-refractivity contribution is 0.482. The molecule has 0 aliphatic rings. The number of rotatable bonds is 4. The van der Waals surface area contributed by atoms with Crippen LogP contribution in [0, 0.1) is 0 Å². The largest absolute Gasteiger partial charge is 0.295 e. The molecule has 126 valence electrons. The Morgan fingerprint density at radius 1 is 0.870 bits per heavy atom. The van der Waals surface area contributed by atoms with Gasteiger partial charge in [-0.25, -0.2) is 8.42 Å². The predicted octanol–water partition coefficient (Wildman–Crippen LogP) is 0.705. The fourth-order valence-electron chi connectivity index (χ4n) is 1.94. The minimum atomic E-state index is -4.83. The van der Waals surface area contributed by atoms with E-state index in [1.807, 2.05) is 0 Å². The lowest BCUT2D eigenvalue weighted by Crippen LogP contribution is -2.10. The SMILES string of the molecule is CS(=O)(=O)Nc1ccc2cc(S(=O)(=O)O)cc(S(=O)(=O)O)c2c1. The molecule has 0 unspecified atom stereocenters. The number of hydrogen-bond donors (Lipinski definition) is 3. The summed E-state index contributed by atoms with van der Waals surface area (Å²) in [4.78, 5) is -1.50. The third-order valence-electron chi connectivity index (χ3n) is 2.77. The molecule has 0 aliphatic carbocycles. The quantitative estimate of drug-likeness (QED) is 0.654. The second kappa shape index (κ2) is 5.42. The van der Waals surface area contributed by atoms with E-state index in [4.69, 9.17) is 4.55 Å². The summed E-state index contributed by atoms with van der Waals surface area (Å²) in [6.45, 7) is 0. The van der Waals surface area contributed by atoms with E-state index in [1.165, 1.54) is 12.1 Å². The molecule has 2 rings (SSSR count). The van der Waals surface area contributed by atoms with Crippen molar-refractivity contribution in [3.63, 3.8) is 0 Å². The molecule has 0 aromatic heterocycles. The first-order valence-corrected chi connectivity index (χ1v) is 10.6. The standard InChI is InChI=1S/C11H11NO8S3/c1-21(13,14)12-8-3-2-7-4-9(22(15,16)17)6-11(10(7)5-8)23(18,19)20/h2-6,12H,1H3,(H,15,16,17)(H,18,19,20). The molecule has 0 aliphatic heterocycles. The number of hydrogen-bond acceptors (Lipinski definition) is 6. The molecule has 3 N–H and O–H groups in total. The molecule has 23 heavy (non-hydrogen) atoms. The van der Waals surface area contributed by atoms with E-state index >= 15 is 0 Å². The fraction of sp³-hybridized carbons (Fsp3) is 0.0909. The van der Waals surface area contributed by atoms with Crippen molar-refractivity contribution >= 4 is 46.7 Å². The van der Waals surface area contributed by atoms with E-state index in [9.17, 15) is 29.8 Å². The van der Waals surface area contributed by atoms with E-state index in [2.05, 4.69) is 4.72 Å². The van der Waals surface area contributed by atoms with Crippen molar-refractivity contribution < 1.29 is 34.4 Å². The van der Waals surface area contributed by atoms with E-state index < -0.39 is 40.1 Å². The summed E-state index contributed by atoms with van der Waals surface area (Å²) in [6.07, 6.45) is 0.891. The van der Waals surface area contributed by atoms with Crippen LogP contribution in [0.1, 0.15) is 0 Å². The van der Waals surface area contributed by atoms with Crippen LogP contribution in [-0.2, 0) is 30.3 Å². The lowest BCUT2D eigenvalue weighted by atomic mass is 10.1. The maximum absolute atomic E-state index is 11.5. The summed E-state index contributed by atoms with van der Waals surface area (Å²) in [5, 5.41) is -0.0552. The second-order valence-electron chi connectivity index (χ2n) is 4.68. The summed E-state index contributed by atoms with van der Waals surface area (Å²) < 4.78 is 88.2. The maximum atomic E-state index is 11.5. The Hall–Kier alpha value is -1.73. The van der Waals surface area contributed by atoms with Gasteiger partial charge in [0.05, 0.1) is 11.2 Å². The highest BCUT2D eigenvalue weighted by Gasteiger charge is 2.20. The Morgan fingerprint density at radius 2 is 1.48 bits per heavy atom. The van der Waals surface area contributed by atoms with Gasteiger partial charge in [0, 0.05) is 11.1 Å². The Morgan fingerprint density at radius 3 is 1.96 bits per heavy atom. The zero-order chi connectivity index (χ0) is 17.6. The molecule has 0 spiro atoms. The Bertz CT molecular complexity index is 1100. The molecule has 0 amide bonds. The van der Waals surface area contributed by atoms with Gasteiger partial charge in [-0.2, -0.15) is 16.8 Å². The van der Waals surface area contributed by atoms with Gasteiger partial charge in [-0.05, 0) is 29.7 Å². The second-order valence-corrected chi connectivity index (χ2v) is 9.24. The summed E-state index contributed by atoms with van der Waals surface area (Å²) in [5.74, 6) is 0. The average Bonchev–Trinajstić information content (AvgIpc) is 2.33. The van der Waals surface area contributed by atoms with E-state index in [0.717, 1.165) is 18.4 Å². The van der Waals surface area contributed by atoms with Crippen LogP contribution in [0.4, 0.5) is 5.69 Å². The number of benzene rings is 2. The summed E-state index contributed by atoms with van der Waals surface area (Å²) in [7, 11) is -13.2. The van der Waals surface area contributed by atoms with Crippen molar-refractivity contribution in [2.45, 2.75) is 9.79 Å². The van der Waals surface area contributed by atoms with Crippen LogP contribution in [-0.4, -0.2) is 40.6 Å². The Labute approximate surface area is 132 Å². The van der Waals surface area contributed by atoms with Crippen molar-refractivity contribution in [3.8, 4) is 0 Å². The molecule has 0 saturated carbocycles. The van der Waals surface area contributed by atoms with Crippen LogP contribution in [0.3, 0.4) is 0 Å². The number of nitrogens with one attached hydrogen (secondary N) is 1. The highest BCUT2D eigenvalue weighted by Crippen LogP contribution is 2.29. The van der Waals surface area contributed by atoms with Crippen molar-refractivity contribution in [2.24, 2.45) is 0 Å². The van der Waals surface area contributed by atoms with Crippen molar-refractivity contribution in [2.75, 3.05) is 11.0 Å². The molecule has 0 radical (unpaired) electrons. The molecule has 12 heteroatoms. The molecule has 0 heterocycles. The van der Waals surface area contributed by atoms with Crippen LogP contribution in [0.5, 0.6) is 0 Å².